The van der Waals surface area contributed by atoms with Crippen LogP contribution in [0.25, 0.3) is 0 Å². The summed E-state index contributed by atoms with van der Waals surface area (Å²) in [4.78, 5) is 37.0. The smallest absolute Gasteiger partial charge is 0.322 e. The molecule has 0 heterocycles. The Labute approximate surface area is 187 Å². The number of rotatable bonds is 5. The van der Waals surface area contributed by atoms with Crippen molar-refractivity contribution in [3.05, 3.63) is 94.0 Å². The molecule has 156 valence electrons. The molecule has 3 aromatic carbocycles. The van der Waals surface area contributed by atoms with Gasteiger partial charge in [-0.25, -0.2) is 5.43 Å². The summed E-state index contributed by atoms with van der Waals surface area (Å²) in [7, 11) is 0. The molecular formula is C23H19BrN4O3. The summed E-state index contributed by atoms with van der Waals surface area (Å²) in [5, 5.41) is 9.03. The van der Waals surface area contributed by atoms with E-state index in [9.17, 15) is 14.4 Å². The number of carbonyl (C=O) groups is 3. The van der Waals surface area contributed by atoms with Gasteiger partial charge in [0.15, 0.2) is 0 Å². The molecule has 0 aliphatic carbocycles. The number of amides is 3. The first kappa shape index (κ1) is 21.9. The van der Waals surface area contributed by atoms with Gasteiger partial charge in [-0.15, -0.1) is 0 Å². The fraction of sp³-hybridized carbons (Fsp3) is 0.0435. The quantitative estimate of drug-likeness (QED) is 0.292. The van der Waals surface area contributed by atoms with E-state index in [1.807, 2.05) is 43.3 Å². The first-order valence-corrected chi connectivity index (χ1v) is 10.1. The highest BCUT2D eigenvalue weighted by atomic mass is 79.9. The highest BCUT2D eigenvalue weighted by Crippen LogP contribution is 2.18. The van der Waals surface area contributed by atoms with Crippen LogP contribution in [0, 0.1) is 6.92 Å². The molecule has 0 aliphatic heterocycles. The topological polar surface area (TPSA) is 99.7 Å². The van der Waals surface area contributed by atoms with E-state index in [0.29, 0.717) is 5.69 Å². The van der Waals surface area contributed by atoms with Crippen LogP contribution in [0.1, 0.15) is 21.5 Å². The van der Waals surface area contributed by atoms with Crippen molar-refractivity contribution in [1.82, 2.24) is 5.43 Å². The number of hydrazone groups is 1. The molecule has 0 bridgehead atoms. The Morgan fingerprint density at radius 3 is 2.39 bits per heavy atom. The minimum Gasteiger partial charge on any atom is -0.322 e. The predicted molar refractivity (Wildman–Crippen MR) is 124 cm³/mol. The zero-order valence-electron chi connectivity index (χ0n) is 16.6. The van der Waals surface area contributed by atoms with Crippen molar-refractivity contribution in [2.24, 2.45) is 5.10 Å². The van der Waals surface area contributed by atoms with Crippen molar-refractivity contribution in [3.63, 3.8) is 0 Å². The third kappa shape index (κ3) is 6.10. The molecule has 0 atom stereocenters. The summed E-state index contributed by atoms with van der Waals surface area (Å²) in [6.45, 7) is 1.92. The van der Waals surface area contributed by atoms with Crippen molar-refractivity contribution in [1.29, 1.82) is 0 Å². The number of anilines is 2. The molecule has 0 aliphatic rings. The molecule has 3 aromatic rings. The molecule has 8 heteroatoms. The Bertz CT molecular complexity index is 1160. The number of benzene rings is 3. The lowest BCUT2D eigenvalue weighted by Crippen LogP contribution is -2.33. The van der Waals surface area contributed by atoms with Crippen LogP contribution in [0.4, 0.5) is 11.4 Å². The van der Waals surface area contributed by atoms with Crippen molar-refractivity contribution in [2.45, 2.75) is 6.92 Å². The molecule has 0 fully saturated rings. The van der Waals surface area contributed by atoms with Crippen LogP contribution in [0.5, 0.6) is 0 Å². The van der Waals surface area contributed by atoms with E-state index < -0.39 is 17.7 Å². The van der Waals surface area contributed by atoms with Gasteiger partial charge in [0.05, 0.1) is 17.5 Å². The van der Waals surface area contributed by atoms with Crippen LogP contribution < -0.4 is 16.1 Å². The van der Waals surface area contributed by atoms with E-state index >= 15 is 0 Å². The minimum atomic E-state index is -0.961. The molecule has 31 heavy (non-hydrogen) atoms. The Morgan fingerprint density at radius 1 is 0.871 bits per heavy atom. The van der Waals surface area contributed by atoms with E-state index in [2.05, 4.69) is 37.1 Å². The molecule has 3 N–H and O–H groups in total. The highest BCUT2D eigenvalue weighted by molar-refractivity contribution is 9.10. The lowest BCUT2D eigenvalue weighted by molar-refractivity contribution is -0.136. The summed E-state index contributed by atoms with van der Waals surface area (Å²) in [6.07, 6.45) is 1.42. The summed E-state index contributed by atoms with van der Waals surface area (Å²) in [6, 6.07) is 21.1. The Balaban J connectivity index is 1.65. The van der Waals surface area contributed by atoms with Crippen molar-refractivity contribution in [2.75, 3.05) is 10.6 Å². The normalized spacial score (nSPS) is 10.5. The second-order valence-electron chi connectivity index (χ2n) is 6.54. The van der Waals surface area contributed by atoms with Gasteiger partial charge in [-0.1, -0.05) is 58.4 Å². The second kappa shape index (κ2) is 10.3. The monoisotopic (exact) mass is 478 g/mol. The standard InChI is InChI=1S/C23H19BrN4O3/c1-15-7-6-9-17(13-15)26-21(29)18-10-3-5-12-20(18)27-22(30)23(31)28-25-14-16-8-2-4-11-19(16)24/h2-14H,1H3,(H,26,29)(H,27,30)(H,28,31)/b25-14+. The number of para-hydroxylation sites is 1. The number of nitrogens with zero attached hydrogens (tertiary/aromatic N) is 1. The fourth-order valence-corrected chi connectivity index (χ4v) is 3.07. The van der Waals surface area contributed by atoms with Crippen LogP contribution in [0.3, 0.4) is 0 Å². The number of hydrogen-bond acceptors (Lipinski definition) is 4. The molecule has 0 saturated carbocycles. The van der Waals surface area contributed by atoms with Crippen molar-refractivity contribution >= 4 is 51.2 Å². The largest absolute Gasteiger partial charge is 0.329 e. The van der Waals surface area contributed by atoms with Gasteiger partial charge in [0.2, 0.25) is 0 Å². The van der Waals surface area contributed by atoms with Crippen LogP contribution in [-0.4, -0.2) is 23.9 Å². The molecule has 0 radical (unpaired) electrons. The van der Waals surface area contributed by atoms with Gasteiger partial charge < -0.3 is 10.6 Å². The Kier molecular flexibility index (Phi) is 7.29. The van der Waals surface area contributed by atoms with Gasteiger partial charge in [-0.05, 0) is 42.8 Å². The molecule has 0 unspecified atom stereocenters. The van der Waals surface area contributed by atoms with Gasteiger partial charge in [-0.3, -0.25) is 14.4 Å². The Hall–Kier alpha value is -3.78. The molecule has 0 saturated heterocycles. The maximum Gasteiger partial charge on any atom is 0.329 e. The fourth-order valence-electron chi connectivity index (χ4n) is 2.68. The first-order valence-electron chi connectivity index (χ1n) is 9.30. The number of aryl methyl sites for hydroxylation is 1. The average Bonchev–Trinajstić information content (AvgIpc) is 2.75. The highest BCUT2D eigenvalue weighted by Gasteiger charge is 2.17. The average molecular weight is 479 g/mol. The molecular weight excluding hydrogens is 460 g/mol. The molecule has 3 amide bonds. The van der Waals surface area contributed by atoms with Crippen LogP contribution in [0.15, 0.2) is 82.4 Å². The third-order valence-corrected chi connectivity index (χ3v) is 4.90. The predicted octanol–water partition coefficient (Wildman–Crippen LogP) is 4.10. The number of nitrogens with one attached hydrogen (secondary N) is 3. The molecule has 0 spiro atoms. The van der Waals surface area contributed by atoms with E-state index in [1.54, 1.807) is 36.4 Å². The lowest BCUT2D eigenvalue weighted by atomic mass is 10.1. The van der Waals surface area contributed by atoms with Gasteiger partial charge in [0, 0.05) is 15.7 Å². The van der Waals surface area contributed by atoms with E-state index in [-0.39, 0.29) is 11.3 Å². The van der Waals surface area contributed by atoms with E-state index in [0.717, 1.165) is 15.6 Å². The molecule has 7 nitrogen and oxygen atoms in total. The van der Waals surface area contributed by atoms with Crippen molar-refractivity contribution < 1.29 is 14.4 Å². The van der Waals surface area contributed by atoms with Gasteiger partial charge in [-0.2, -0.15) is 5.10 Å². The minimum absolute atomic E-state index is 0.211. The van der Waals surface area contributed by atoms with Gasteiger partial charge in [0.25, 0.3) is 5.91 Å². The van der Waals surface area contributed by atoms with Crippen molar-refractivity contribution in [3.8, 4) is 0 Å². The summed E-state index contributed by atoms with van der Waals surface area (Å²) < 4.78 is 0.797. The number of carbonyl (C=O) groups excluding carboxylic acids is 3. The zero-order valence-corrected chi connectivity index (χ0v) is 18.1. The van der Waals surface area contributed by atoms with Crippen LogP contribution in [-0.2, 0) is 9.59 Å². The summed E-state index contributed by atoms with van der Waals surface area (Å²) >= 11 is 3.36. The summed E-state index contributed by atoms with van der Waals surface area (Å²) in [5.41, 5.74) is 4.97. The maximum atomic E-state index is 12.7. The first-order chi connectivity index (χ1) is 14.9. The maximum absolute atomic E-state index is 12.7. The van der Waals surface area contributed by atoms with Gasteiger partial charge in [0.1, 0.15) is 0 Å². The SMILES string of the molecule is Cc1cccc(NC(=O)c2ccccc2NC(=O)C(=O)N/N=C/c2ccccc2Br)c1. The number of hydrogen-bond donors (Lipinski definition) is 3. The van der Waals surface area contributed by atoms with Crippen LogP contribution >= 0.6 is 15.9 Å². The summed E-state index contributed by atoms with van der Waals surface area (Å²) in [5.74, 6) is -2.31. The molecule has 0 aromatic heterocycles. The lowest BCUT2D eigenvalue weighted by Gasteiger charge is -2.11. The Morgan fingerprint density at radius 2 is 1.61 bits per heavy atom. The van der Waals surface area contributed by atoms with E-state index in [4.69, 9.17) is 0 Å². The third-order valence-electron chi connectivity index (χ3n) is 4.18. The van der Waals surface area contributed by atoms with Crippen LogP contribution in [0.2, 0.25) is 0 Å². The van der Waals surface area contributed by atoms with Gasteiger partial charge >= 0.3 is 11.8 Å². The molecule has 3 rings (SSSR count). The van der Waals surface area contributed by atoms with E-state index in [1.165, 1.54) is 6.21 Å². The zero-order chi connectivity index (χ0) is 22.2. The second-order valence-corrected chi connectivity index (χ2v) is 7.40. The number of halogens is 1.